The molecule has 0 aliphatic carbocycles. The van der Waals surface area contributed by atoms with E-state index >= 15 is 0 Å². The van der Waals surface area contributed by atoms with Crippen molar-refractivity contribution in [2.75, 3.05) is 31.7 Å². The van der Waals surface area contributed by atoms with Crippen molar-refractivity contribution in [3.63, 3.8) is 0 Å². The monoisotopic (exact) mass is 330 g/mol. The lowest BCUT2D eigenvalue weighted by atomic mass is 9.92. The maximum atomic E-state index is 5.44. The molecular formula is C17H26N6O. The standard InChI is InChI=1S/C17H26N6O/c1-5-15-16(6-2)20-21-17(19-15)23-9-13(11-24-4)14(10-23)12-7-18-22(3)8-12/h7-8,13-14H,5-6,9-11H2,1-4H3/t13-,14-/m0/s1. The highest BCUT2D eigenvalue weighted by molar-refractivity contribution is 5.36. The van der Waals surface area contributed by atoms with Crippen molar-refractivity contribution in [2.24, 2.45) is 13.0 Å². The third-order valence-corrected chi connectivity index (χ3v) is 4.76. The molecule has 0 saturated carbocycles. The lowest BCUT2D eigenvalue weighted by Gasteiger charge is -2.16. The summed E-state index contributed by atoms with van der Waals surface area (Å²) in [6, 6.07) is 0. The molecule has 1 aliphatic heterocycles. The molecule has 2 aromatic rings. The Kier molecular flexibility index (Phi) is 5.08. The summed E-state index contributed by atoms with van der Waals surface area (Å²) in [5.41, 5.74) is 3.30. The SMILES string of the molecule is CCc1nnc(N2C[C@@H](COC)[C@H](c3cnn(C)c3)C2)nc1CC. The van der Waals surface area contributed by atoms with Gasteiger partial charge in [0.25, 0.3) is 0 Å². The average Bonchev–Trinajstić information content (AvgIpc) is 3.21. The van der Waals surface area contributed by atoms with Crippen LogP contribution in [0.3, 0.4) is 0 Å². The van der Waals surface area contributed by atoms with E-state index in [0.29, 0.717) is 11.8 Å². The van der Waals surface area contributed by atoms with Crippen LogP contribution in [0.1, 0.15) is 36.7 Å². The Morgan fingerprint density at radius 1 is 1.17 bits per heavy atom. The van der Waals surface area contributed by atoms with Crippen molar-refractivity contribution >= 4 is 5.95 Å². The van der Waals surface area contributed by atoms with Crippen LogP contribution in [0.2, 0.25) is 0 Å². The maximum Gasteiger partial charge on any atom is 0.245 e. The van der Waals surface area contributed by atoms with Gasteiger partial charge in [-0.2, -0.15) is 10.2 Å². The van der Waals surface area contributed by atoms with E-state index in [2.05, 4.69) is 40.2 Å². The molecule has 3 heterocycles. The number of anilines is 1. The summed E-state index contributed by atoms with van der Waals surface area (Å²) in [6.45, 7) is 6.67. The number of aryl methyl sites for hydroxylation is 3. The molecule has 0 amide bonds. The Morgan fingerprint density at radius 2 is 1.96 bits per heavy atom. The van der Waals surface area contributed by atoms with E-state index in [9.17, 15) is 0 Å². The van der Waals surface area contributed by atoms with Gasteiger partial charge in [-0.15, -0.1) is 5.10 Å². The predicted octanol–water partition coefficient (Wildman–Crippen LogP) is 1.60. The molecule has 1 saturated heterocycles. The zero-order valence-electron chi connectivity index (χ0n) is 14.9. The largest absolute Gasteiger partial charge is 0.384 e. The molecule has 1 fully saturated rings. The fourth-order valence-corrected chi connectivity index (χ4v) is 3.49. The second kappa shape index (κ2) is 7.25. The van der Waals surface area contributed by atoms with E-state index < -0.39 is 0 Å². The van der Waals surface area contributed by atoms with Crippen LogP contribution in [0, 0.1) is 5.92 Å². The molecule has 2 aromatic heterocycles. The third-order valence-electron chi connectivity index (χ3n) is 4.76. The minimum Gasteiger partial charge on any atom is -0.384 e. The molecule has 2 atom stereocenters. The molecule has 0 unspecified atom stereocenters. The summed E-state index contributed by atoms with van der Waals surface area (Å²) in [5.74, 6) is 1.51. The number of methoxy groups -OCH3 is 1. The quantitative estimate of drug-likeness (QED) is 0.801. The van der Waals surface area contributed by atoms with Gasteiger partial charge in [-0.25, -0.2) is 4.98 Å². The Balaban J connectivity index is 1.85. The van der Waals surface area contributed by atoms with Gasteiger partial charge in [-0.05, 0) is 18.4 Å². The minimum absolute atomic E-state index is 0.373. The normalized spacial score (nSPS) is 20.8. The van der Waals surface area contributed by atoms with Gasteiger partial charge >= 0.3 is 0 Å². The average molecular weight is 330 g/mol. The van der Waals surface area contributed by atoms with Crippen molar-refractivity contribution in [3.8, 4) is 0 Å². The van der Waals surface area contributed by atoms with E-state index in [1.807, 2.05) is 17.9 Å². The minimum atomic E-state index is 0.373. The van der Waals surface area contributed by atoms with Gasteiger partial charge in [0.2, 0.25) is 5.95 Å². The van der Waals surface area contributed by atoms with Crippen molar-refractivity contribution < 1.29 is 4.74 Å². The molecule has 0 radical (unpaired) electrons. The first-order valence-corrected chi connectivity index (χ1v) is 8.61. The number of nitrogens with zero attached hydrogens (tertiary/aromatic N) is 6. The fourth-order valence-electron chi connectivity index (χ4n) is 3.49. The Hall–Kier alpha value is -2.02. The maximum absolute atomic E-state index is 5.44. The van der Waals surface area contributed by atoms with Gasteiger partial charge in [0.15, 0.2) is 0 Å². The van der Waals surface area contributed by atoms with Crippen LogP contribution in [0.4, 0.5) is 5.95 Å². The van der Waals surface area contributed by atoms with Crippen molar-refractivity contribution in [2.45, 2.75) is 32.6 Å². The highest BCUT2D eigenvalue weighted by atomic mass is 16.5. The molecule has 0 bridgehead atoms. The number of aromatic nitrogens is 5. The van der Waals surface area contributed by atoms with E-state index in [-0.39, 0.29) is 0 Å². The molecule has 0 spiro atoms. The Labute approximate surface area is 143 Å². The molecule has 1 aliphatic rings. The van der Waals surface area contributed by atoms with Crippen molar-refractivity contribution in [1.82, 2.24) is 25.0 Å². The summed E-state index contributed by atoms with van der Waals surface area (Å²) < 4.78 is 7.29. The second-order valence-corrected chi connectivity index (χ2v) is 6.39. The molecule has 24 heavy (non-hydrogen) atoms. The highest BCUT2D eigenvalue weighted by Gasteiger charge is 2.36. The fraction of sp³-hybridized carbons (Fsp3) is 0.647. The smallest absolute Gasteiger partial charge is 0.245 e. The first-order chi connectivity index (χ1) is 11.7. The van der Waals surface area contributed by atoms with Crippen molar-refractivity contribution in [3.05, 3.63) is 29.3 Å². The molecule has 0 N–H and O–H groups in total. The van der Waals surface area contributed by atoms with E-state index in [0.717, 1.165) is 49.9 Å². The summed E-state index contributed by atoms with van der Waals surface area (Å²) in [6.07, 6.45) is 5.79. The topological polar surface area (TPSA) is 69.0 Å². The van der Waals surface area contributed by atoms with Crippen LogP contribution in [-0.2, 0) is 24.6 Å². The van der Waals surface area contributed by atoms with Gasteiger partial charge < -0.3 is 9.64 Å². The number of ether oxygens (including phenoxy) is 1. The van der Waals surface area contributed by atoms with E-state index in [1.165, 1.54) is 5.56 Å². The van der Waals surface area contributed by atoms with Gasteiger partial charge in [-0.3, -0.25) is 4.68 Å². The lowest BCUT2D eigenvalue weighted by Crippen LogP contribution is -2.24. The third kappa shape index (κ3) is 3.26. The first kappa shape index (κ1) is 16.8. The van der Waals surface area contributed by atoms with Gasteiger partial charge in [0.05, 0.1) is 24.2 Å². The molecule has 7 nitrogen and oxygen atoms in total. The lowest BCUT2D eigenvalue weighted by molar-refractivity contribution is 0.153. The van der Waals surface area contributed by atoms with Crippen LogP contribution in [0.25, 0.3) is 0 Å². The predicted molar refractivity (Wildman–Crippen MR) is 92.1 cm³/mol. The van der Waals surface area contributed by atoms with Crippen LogP contribution in [0.5, 0.6) is 0 Å². The summed E-state index contributed by atoms with van der Waals surface area (Å²) in [4.78, 5) is 6.99. The van der Waals surface area contributed by atoms with Crippen LogP contribution >= 0.6 is 0 Å². The van der Waals surface area contributed by atoms with Crippen LogP contribution < -0.4 is 4.90 Å². The first-order valence-electron chi connectivity index (χ1n) is 8.61. The van der Waals surface area contributed by atoms with Gasteiger partial charge in [0, 0.05) is 45.3 Å². The second-order valence-electron chi connectivity index (χ2n) is 6.39. The number of hydrogen-bond acceptors (Lipinski definition) is 6. The van der Waals surface area contributed by atoms with Gasteiger partial charge in [-0.1, -0.05) is 13.8 Å². The van der Waals surface area contributed by atoms with Gasteiger partial charge in [0.1, 0.15) is 0 Å². The number of rotatable bonds is 6. The number of hydrogen-bond donors (Lipinski definition) is 0. The molecule has 0 aromatic carbocycles. The van der Waals surface area contributed by atoms with Crippen LogP contribution in [0.15, 0.2) is 12.4 Å². The zero-order valence-corrected chi connectivity index (χ0v) is 14.9. The molecular weight excluding hydrogens is 304 g/mol. The zero-order chi connectivity index (χ0) is 17.1. The summed E-state index contributed by atoms with van der Waals surface area (Å²) in [5, 5.41) is 13.1. The van der Waals surface area contributed by atoms with Crippen LogP contribution in [-0.4, -0.2) is 51.8 Å². The Bertz CT molecular complexity index is 685. The molecule has 3 rings (SSSR count). The van der Waals surface area contributed by atoms with E-state index in [1.54, 1.807) is 7.11 Å². The van der Waals surface area contributed by atoms with E-state index in [4.69, 9.17) is 9.72 Å². The highest BCUT2D eigenvalue weighted by Crippen LogP contribution is 2.34. The molecule has 130 valence electrons. The summed E-state index contributed by atoms with van der Waals surface area (Å²) in [7, 11) is 3.71. The Morgan fingerprint density at radius 3 is 2.58 bits per heavy atom. The molecule has 7 heteroatoms. The summed E-state index contributed by atoms with van der Waals surface area (Å²) >= 11 is 0. The van der Waals surface area contributed by atoms with Crippen molar-refractivity contribution in [1.29, 1.82) is 0 Å².